The predicted molar refractivity (Wildman–Crippen MR) is 49.6 cm³/mol. The highest BCUT2D eigenvalue weighted by molar-refractivity contribution is 5.73. The highest BCUT2D eigenvalue weighted by Crippen LogP contribution is 2.03. The lowest BCUT2D eigenvalue weighted by Gasteiger charge is -2.07. The van der Waals surface area contributed by atoms with Crippen molar-refractivity contribution in [1.82, 2.24) is 0 Å². The van der Waals surface area contributed by atoms with E-state index in [0.29, 0.717) is 6.61 Å². The molecular formula is C10H16NO2. The minimum atomic E-state index is -0.536. The molecule has 1 atom stereocenters. The first-order valence-corrected chi connectivity index (χ1v) is 4.59. The second-order valence-electron chi connectivity index (χ2n) is 2.93. The van der Waals surface area contributed by atoms with E-state index < -0.39 is 5.92 Å². The molecule has 1 unspecified atom stereocenters. The van der Waals surface area contributed by atoms with Crippen molar-refractivity contribution in [1.29, 1.82) is 5.26 Å². The van der Waals surface area contributed by atoms with Gasteiger partial charge in [0.1, 0.15) is 0 Å². The number of rotatable bonds is 6. The number of carbonyl (C=O) groups is 1. The summed E-state index contributed by atoms with van der Waals surface area (Å²) in [6.07, 6.45) is 3.19. The van der Waals surface area contributed by atoms with Crippen molar-refractivity contribution in [2.75, 3.05) is 6.61 Å². The maximum Gasteiger partial charge on any atom is 0.309 e. The third-order valence-electron chi connectivity index (χ3n) is 1.66. The van der Waals surface area contributed by atoms with Crippen LogP contribution in [0.25, 0.3) is 0 Å². The van der Waals surface area contributed by atoms with Gasteiger partial charge in [-0.1, -0.05) is 19.8 Å². The highest BCUT2D eigenvalue weighted by atomic mass is 16.5. The van der Waals surface area contributed by atoms with Crippen LogP contribution >= 0.6 is 0 Å². The number of nitrogens with zero attached hydrogens (tertiary/aromatic N) is 1. The van der Waals surface area contributed by atoms with Crippen molar-refractivity contribution >= 4 is 5.97 Å². The van der Waals surface area contributed by atoms with Gasteiger partial charge in [-0.25, -0.2) is 0 Å². The first kappa shape index (κ1) is 12.0. The predicted octanol–water partition coefficient (Wildman–Crippen LogP) is 2.08. The third kappa shape index (κ3) is 6.15. The fraction of sp³-hybridized carbons (Fsp3) is 0.700. The van der Waals surface area contributed by atoms with Gasteiger partial charge in [0, 0.05) is 6.42 Å². The van der Waals surface area contributed by atoms with Gasteiger partial charge in [0.05, 0.1) is 18.6 Å². The Bertz CT molecular complexity index is 184. The maximum atomic E-state index is 11.1. The molecule has 0 aliphatic rings. The molecule has 0 saturated heterocycles. The van der Waals surface area contributed by atoms with Crippen LogP contribution in [-0.4, -0.2) is 12.6 Å². The van der Waals surface area contributed by atoms with Crippen LogP contribution in [0.3, 0.4) is 0 Å². The Morgan fingerprint density at radius 2 is 2.31 bits per heavy atom. The molecule has 1 radical (unpaired) electrons. The largest absolute Gasteiger partial charge is 0.465 e. The van der Waals surface area contributed by atoms with Gasteiger partial charge in [0.15, 0.2) is 0 Å². The number of hydrogen-bond donors (Lipinski definition) is 0. The van der Waals surface area contributed by atoms with Crippen LogP contribution in [-0.2, 0) is 9.53 Å². The van der Waals surface area contributed by atoms with Gasteiger partial charge in [-0.15, -0.1) is 0 Å². The first-order chi connectivity index (χ1) is 6.22. The molecule has 0 aromatic carbocycles. The lowest BCUT2D eigenvalue weighted by molar-refractivity contribution is -0.146. The van der Waals surface area contributed by atoms with Crippen LogP contribution in [0.15, 0.2) is 0 Å². The van der Waals surface area contributed by atoms with Gasteiger partial charge in [-0.3, -0.25) is 4.79 Å². The van der Waals surface area contributed by atoms with Crippen molar-refractivity contribution in [2.24, 2.45) is 5.92 Å². The van der Waals surface area contributed by atoms with Crippen LogP contribution in [0, 0.1) is 24.2 Å². The van der Waals surface area contributed by atoms with Crippen LogP contribution in [0.2, 0.25) is 0 Å². The number of nitriles is 1. The molecule has 0 aromatic rings. The van der Waals surface area contributed by atoms with Gasteiger partial charge in [-0.2, -0.15) is 5.26 Å². The van der Waals surface area contributed by atoms with Crippen molar-refractivity contribution in [3.63, 3.8) is 0 Å². The highest BCUT2D eigenvalue weighted by Gasteiger charge is 2.13. The van der Waals surface area contributed by atoms with E-state index >= 15 is 0 Å². The summed E-state index contributed by atoms with van der Waals surface area (Å²) in [7, 11) is 0. The minimum Gasteiger partial charge on any atom is -0.465 e. The van der Waals surface area contributed by atoms with E-state index in [1.807, 2.05) is 6.07 Å². The quantitative estimate of drug-likeness (QED) is 0.467. The molecule has 3 nitrogen and oxygen atoms in total. The molecule has 0 aliphatic carbocycles. The average Bonchev–Trinajstić information content (AvgIpc) is 2.12. The number of unbranched alkanes of at least 4 members (excludes halogenated alkanes) is 2. The molecule has 0 N–H and O–H groups in total. The minimum absolute atomic E-state index is 0.132. The van der Waals surface area contributed by atoms with E-state index in [1.54, 1.807) is 0 Å². The Balaban J connectivity index is 3.45. The summed E-state index contributed by atoms with van der Waals surface area (Å²) in [5, 5.41) is 8.30. The van der Waals surface area contributed by atoms with Crippen LogP contribution in [0.5, 0.6) is 0 Å². The van der Waals surface area contributed by atoms with Gasteiger partial charge in [-0.05, 0) is 13.3 Å². The molecule has 0 aromatic heterocycles. The van der Waals surface area contributed by atoms with Crippen molar-refractivity contribution < 1.29 is 9.53 Å². The van der Waals surface area contributed by atoms with E-state index in [-0.39, 0.29) is 12.4 Å². The van der Waals surface area contributed by atoms with E-state index in [1.165, 1.54) is 0 Å². The number of ether oxygens (including phenoxy) is 1. The molecule has 0 aliphatic heterocycles. The lowest BCUT2D eigenvalue weighted by Crippen LogP contribution is -2.15. The fourth-order valence-electron chi connectivity index (χ4n) is 0.836. The zero-order valence-corrected chi connectivity index (χ0v) is 8.08. The Kier molecular flexibility index (Phi) is 6.99. The SMILES string of the molecule is [CH2]C(CC#N)C(=O)OCCCCC. The van der Waals surface area contributed by atoms with Gasteiger partial charge in [0.2, 0.25) is 0 Å². The first-order valence-electron chi connectivity index (χ1n) is 4.59. The van der Waals surface area contributed by atoms with E-state index in [0.717, 1.165) is 19.3 Å². The molecular weight excluding hydrogens is 166 g/mol. The molecule has 3 heteroatoms. The zero-order valence-electron chi connectivity index (χ0n) is 8.08. The molecule has 13 heavy (non-hydrogen) atoms. The van der Waals surface area contributed by atoms with Crippen molar-refractivity contribution in [3.05, 3.63) is 6.92 Å². The summed E-state index contributed by atoms with van der Waals surface area (Å²) in [5.41, 5.74) is 0. The Hall–Kier alpha value is -1.04. The number of esters is 1. The molecule has 0 fully saturated rings. The van der Waals surface area contributed by atoms with Crippen molar-refractivity contribution in [2.45, 2.75) is 32.6 Å². The second-order valence-corrected chi connectivity index (χ2v) is 2.93. The molecule has 73 valence electrons. The van der Waals surface area contributed by atoms with Crippen LogP contribution in [0.1, 0.15) is 32.6 Å². The lowest BCUT2D eigenvalue weighted by atomic mass is 10.1. The molecule has 0 amide bonds. The summed E-state index contributed by atoms with van der Waals surface area (Å²) in [5.74, 6) is -0.899. The zero-order chi connectivity index (χ0) is 10.1. The smallest absolute Gasteiger partial charge is 0.309 e. The summed E-state index contributed by atoms with van der Waals surface area (Å²) in [6.45, 7) is 6.06. The second kappa shape index (κ2) is 7.60. The molecule has 0 bridgehead atoms. The van der Waals surface area contributed by atoms with Gasteiger partial charge < -0.3 is 4.74 Å². The van der Waals surface area contributed by atoms with Gasteiger partial charge >= 0.3 is 5.97 Å². The third-order valence-corrected chi connectivity index (χ3v) is 1.66. The van der Waals surface area contributed by atoms with E-state index in [4.69, 9.17) is 10.00 Å². The monoisotopic (exact) mass is 182 g/mol. The summed E-state index contributed by atoms with van der Waals surface area (Å²) in [4.78, 5) is 11.1. The maximum absolute atomic E-state index is 11.1. The van der Waals surface area contributed by atoms with E-state index in [9.17, 15) is 4.79 Å². The van der Waals surface area contributed by atoms with E-state index in [2.05, 4.69) is 13.8 Å². The fourth-order valence-corrected chi connectivity index (χ4v) is 0.836. The molecule has 0 spiro atoms. The summed E-state index contributed by atoms with van der Waals surface area (Å²) in [6, 6.07) is 1.89. The standard InChI is InChI=1S/C10H16NO2/c1-3-4-5-8-13-10(12)9(2)6-7-11/h9H,2-6,8H2,1H3. The Morgan fingerprint density at radius 3 is 2.85 bits per heavy atom. The molecule has 0 heterocycles. The summed E-state index contributed by atoms with van der Waals surface area (Å²) >= 11 is 0. The van der Waals surface area contributed by atoms with Crippen LogP contribution in [0.4, 0.5) is 0 Å². The Labute approximate surface area is 79.7 Å². The Morgan fingerprint density at radius 1 is 1.62 bits per heavy atom. The van der Waals surface area contributed by atoms with Gasteiger partial charge in [0.25, 0.3) is 0 Å². The molecule has 0 rings (SSSR count). The topological polar surface area (TPSA) is 50.1 Å². The number of hydrogen-bond acceptors (Lipinski definition) is 3. The van der Waals surface area contributed by atoms with Crippen molar-refractivity contribution in [3.8, 4) is 6.07 Å². The average molecular weight is 182 g/mol. The summed E-state index contributed by atoms with van der Waals surface area (Å²) < 4.78 is 4.91. The molecule has 0 saturated carbocycles. The number of carbonyl (C=O) groups excluding carboxylic acids is 1. The normalized spacial score (nSPS) is 11.8. The van der Waals surface area contributed by atoms with Crippen LogP contribution < -0.4 is 0 Å².